The molecule has 2 heteroatoms. The van der Waals surface area contributed by atoms with Gasteiger partial charge in [0.05, 0.1) is 22.4 Å². The molecule has 0 amide bonds. The molecule has 10 aromatic carbocycles. The van der Waals surface area contributed by atoms with Crippen molar-refractivity contribution < 1.29 is 0 Å². The maximum atomic E-state index is 2.46. The van der Waals surface area contributed by atoms with Crippen LogP contribution in [0, 0.1) is 0 Å². The van der Waals surface area contributed by atoms with E-state index in [1.807, 2.05) is 0 Å². The van der Waals surface area contributed by atoms with Crippen LogP contribution in [-0.2, 0) is 5.41 Å². The highest BCUT2D eigenvalue weighted by atomic mass is 15.1. The van der Waals surface area contributed by atoms with Crippen molar-refractivity contribution >= 4 is 71.2 Å². The van der Waals surface area contributed by atoms with Gasteiger partial charge < -0.3 is 9.47 Å². The topological polar surface area (TPSA) is 8.17 Å². The second-order valence-electron chi connectivity index (χ2n) is 16.6. The van der Waals surface area contributed by atoms with E-state index in [0.717, 1.165) is 17.1 Å². The van der Waals surface area contributed by atoms with Crippen LogP contribution in [0.15, 0.2) is 200 Å². The van der Waals surface area contributed by atoms with Crippen LogP contribution in [0.5, 0.6) is 0 Å². The molecule has 0 radical (unpaired) electrons. The Kier molecular flexibility index (Phi) is 7.78. The van der Waals surface area contributed by atoms with Crippen LogP contribution in [0.25, 0.3) is 82.1 Å². The van der Waals surface area contributed by atoms with Crippen LogP contribution in [0.4, 0.5) is 17.1 Å². The fourth-order valence-electron chi connectivity index (χ4n) is 9.19. The Morgan fingerprint density at radius 3 is 1.59 bits per heavy atom. The first kappa shape index (κ1) is 34.1. The van der Waals surface area contributed by atoms with Crippen LogP contribution in [0.1, 0.15) is 26.3 Å². The molecule has 0 aliphatic rings. The molecule has 0 bridgehead atoms. The standard InChI is InChI=1S/C56H42N2/c1-56(2,3)43-28-30-44(31-29-43)57(45-15-11-14-42(36-45)39-22-20-38(21-23-39)37-12-5-4-6-13-37)52-34-26-40-25-33-49-53(35-27-41-24-32-48(52)54(40)55(41)49)58-50-18-9-7-16-46(50)47-17-8-10-19-51(47)58/h4-36H,1-3H3. The summed E-state index contributed by atoms with van der Waals surface area (Å²) in [5.74, 6) is 0. The number of hydrogen-bond donors (Lipinski definition) is 0. The summed E-state index contributed by atoms with van der Waals surface area (Å²) in [7, 11) is 0. The predicted octanol–water partition coefficient (Wildman–Crippen LogP) is 15.8. The van der Waals surface area contributed by atoms with Gasteiger partial charge in [-0.3, -0.25) is 0 Å². The predicted molar refractivity (Wildman–Crippen MR) is 249 cm³/mol. The Bertz CT molecular complexity index is 3240. The molecule has 276 valence electrons. The fraction of sp³-hybridized carbons (Fsp3) is 0.0714. The summed E-state index contributed by atoms with van der Waals surface area (Å²) in [5, 5.41) is 10.1. The summed E-state index contributed by atoms with van der Waals surface area (Å²) in [4.78, 5) is 2.45. The summed E-state index contributed by atoms with van der Waals surface area (Å²) >= 11 is 0. The smallest absolute Gasteiger partial charge is 0.0541 e. The molecule has 11 aromatic rings. The summed E-state index contributed by atoms with van der Waals surface area (Å²) < 4.78 is 2.46. The van der Waals surface area contributed by atoms with Gasteiger partial charge in [-0.25, -0.2) is 0 Å². The van der Waals surface area contributed by atoms with Gasteiger partial charge in [-0.1, -0.05) is 172 Å². The molecule has 0 saturated carbocycles. The Balaban J connectivity index is 1.12. The van der Waals surface area contributed by atoms with Crippen molar-refractivity contribution in [1.82, 2.24) is 4.57 Å². The van der Waals surface area contributed by atoms with E-state index in [4.69, 9.17) is 0 Å². The highest BCUT2D eigenvalue weighted by Crippen LogP contribution is 2.46. The van der Waals surface area contributed by atoms with Crippen molar-refractivity contribution in [2.75, 3.05) is 4.90 Å². The third-order valence-corrected chi connectivity index (χ3v) is 12.1. The minimum Gasteiger partial charge on any atom is -0.310 e. The van der Waals surface area contributed by atoms with Gasteiger partial charge in [-0.05, 0) is 103 Å². The van der Waals surface area contributed by atoms with Crippen LogP contribution < -0.4 is 4.90 Å². The van der Waals surface area contributed by atoms with E-state index in [0.29, 0.717) is 0 Å². The first-order valence-electron chi connectivity index (χ1n) is 20.3. The molecule has 0 aliphatic heterocycles. The SMILES string of the molecule is CC(C)(C)c1ccc(N(c2cccc(-c3ccc(-c4ccccc4)cc3)c2)c2ccc3ccc4c(-n5c6ccccc6c6ccccc65)ccc5ccc2c3c54)cc1. The molecular formula is C56H42N2. The Labute approximate surface area is 339 Å². The van der Waals surface area contributed by atoms with Gasteiger partial charge in [0, 0.05) is 32.9 Å². The molecular weight excluding hydrogens is 701 g/mol. The van der Waals surface area contributed by atoms with E-state index in [1.165, 1.54) is 87.6 Å². The molecule has 58 heavy (non-hydrogen) atoms. The van der Waals surface area contributed by atoms with Crippen molar-refractivity contribution in [3.63, 3.8) is 0 Å². The quantitative estimate of drug-likeness (QED) is 0.154. The van der Waals surface area contributed by atoms with Gasteiger partial charge in [0.25, 0.3) is 0 Å². The maximum absolute atomic E-state index is 2.46. The lowest BCUT2D eigenvalue weighted by molar-refractivity contribution is 0.590. The van der Waals surface area contributed by atoms with E-state index in [2.05, 4.69) is 230 Å². The molecule has 2 nitrogen and oxygen atoms in total. The van der Waals surface area contributed by atoms with Gasteiger partial charge >= 0.3 is 0 Å². The lowest BCUT2D eigenvalue weighted by Crippen LogP contribution is -2.13. The van der Waals surface area contributed by atoms with Crippen LogP contribution in [-0.4, -0.2) is 4.57 Å². The molecule has 0 N–H and O–H groups in total. The first-order chi connectivity index (χ1) is 28.4. The number of anilines is 3. The van der Waals surface area contributed by atoms with E-state index >= 15 is 0 Å². The second-order valence-corrected chi connectivity index (χ2v) is 16.6. The fourth-order valence-corrected chi connectivity index (χ4v) is 9.19. The normalized spacial score (nSPS) is 12.1. The van der Waals surface area contributed by atoms with Gasteiger partial charge in [-0.2, -0.15) is 0 Å². The zero-order valence-electron chi connectivity index (χ0n) is 32.9. The lowest BCUT2D eigenvalue weighted by Gasteiger charge is -2.29. The lowest BCUT2D eigenvalue weighted by atomic mass is 9.87. The highest BCUT2D eigenvalue weighted by molar-refractivity contribution is 6.27. The minimum absolute atomic E-state index is 0.0518. The maximum Gasteiger partial charge on any atom is 0.0541 e. The Hall–Kier alpha value is -7.16. The monoisotopic (exact) mass is 742 g/mol. The molecule has 11 rings (SSSR count). The summed E-state index contributed by atoms with van der Waals surface area (Å²) in [6, 6.07) is 73.8. The number of nitrogens with zero attached hydrogens (tertiary/aromatic N) is 2. The minimum atomic E-state index is 0.0518. The number of hydrogen-bond acceptors (Lipinski definition) is 1. The van der Waals surface area contributed by atoms with Crippen LogP contribution >= 0.6 is 0 Å². The second kappa shape index (κ2) is 13.2. The van der Waals surface area contributed by atoms with Gasteiger partial charge in [0.1, 0.15) is 0 Å². The van der Waals surface area contributed by atoms with E-state index in [1.54, 1.807) is 0 Å². The zero-order chi connectivity index (χ0) is 39.0. The average molecular weight is 743 g/mol. The van der Waals surface area contributed by atoms with Crippen LogP contribution in [0.3, 0.4) is 0 Å². The molecule has 1 heterocycles. The number of aromatic nitrogens is 1. The number of benzene rings is 10. The highest BCUT2D eigenvalue weighted by Gasteiger charge is 2.22. The molecule has 0 spiro atoms. The van der Waals surface area contributed by atoms with Crippen molar-refractivity contribution in [2.24, 2.45) is 0 Å². The summed E-state index contributed by atoms with van der Waals surface area (Å²) in [6.07, 6.45) is 0. The Morgan fingerprint density at radius 1 is 0.379 bits per heavy atom. The number of para-hydroxylation sites is 2. The van der Waals surface area contributed by atoms with E-state index in [-0.39, 0.29) is 5.41 Å². The van der Waals surface area contributed by atoms with Gasteiger partial charge in [-0.15, -0.1) is 0 Å². The first-order valence-corrected chi connectivity index (χ1v) is 20.3. The largest absolute Gasteiger partial charge is 0.310 e. The van der Waals surface area contributed by atoms with Gasteiger partial charge in [0.2, 0.25) is 0 Å². The summed E-state index contributed by atoms with van der Waals surface area (Å²) in [5.41, 5.74) is 13.2. The number of rotatable bonds is 6. The van der Waals surface area contributed by atoms with E-state index in [9.17, 15) is 0 Å². The van der Waals surface area contributed by atoms with Gasteiger partial charge in [0.15, 0.2) is 0 Å². The third-order valence-electron chi connectivity index (χ3n) is 12.1. The Morgan fingerprint density at radius 2 is 0.914 bits per heavy atom. The number of fused-ring (bicyclic) bond motifs is 3. The zero-order valence-corrected chi connectivity index (χ0v) is 32.9. The molecule has 0 unspecified atom stereocenters. The average Bonchev–Trinajstić information content (AvgIpc) is 3.60. The van der Waals surface area contributed by atoms with E-state index < -0.39 is 0 Å². The van der Waals surface area contributed by atoms with Crippen molar-refractivity contribution in [3.8, 4) is 27.9 Å². The summed E-state index contributed by atoms with van der Waals surface area (Å²) in [6.45, 7) is 6.84. The molecule has 0 fully saturated rings. The molecule has 0 aliphatic carbocycles. The third kappa shape index (κ3) is 5.48. The molecule has 0 saturated heterocycles. The molecule has 0 atom stereocenters. The van der Waals surface area contributed by atoms with Crippen molar-refractivity contribution in [1.29, 1.82) is 0 Å². The van der Waals surface area contributed by atoms with Crippen LogP contribution in [0.2, 0.25) is 0 Å². The van der Waals surface area contributed by atoms with Crippen molar-refractivity contribution in [2.45, 2.75) is 26.2 Å². The molecule has 1 aromatic heterocycles. The van der Waals surface area contributed by atoms with Crippen molar-refractivity contribution in [3.05, 3.63) is 206 Å².